The predicted molar refractivity (Wildman–Crippen MR) is 93.8 cm³/mol. The molecule has 2 nitrogen and oxygen atoms in total. The van der Waals surface area contributed by atoms with E-state index in [4.69, 9.17) is 11.6 Å². The fourth-order valence-electron chi connectivity index (χ4n) is 2.65. The SMILES string of the molecule is CCCCCCCCCCCCCCCCN(C=O)CCl. The van der Waals surface area contributed by atoms with Crippen molar-refractivity contribution in [3.05, 3.63) is 0 Å². The smallest absolute Gasteiger partial charge is 0.210 e. The number of amides is 1. The highest BCUT2D eigenvalue weighted by Gasteiger charge is 1.98. The minimum Gasteiger partial charge on any atom is -0.332 e. The highest BCUT2D eigenvalue weighted by atomic mass is 35.5. The topological polar surface area (TPSA) is 20.3 Å². The van der Waals surface area contributed by atoms with E-state index in [2.05, 4.69) is 6.92 Å². The average Bonchev–Trinajstić information content (AvgIpc) is 2.51. The highest BCUT2D eigenvalue weighted by molar-refractivity contribution is 6.18. The molecule has 3 heteroatoms. The maximum Gasteiger partial charge on any atom is 0.210 e. The van der Waals surface area contributed by atoms with Gasteiger partial charge in [0.25, 0.3) is 0 Å². The molecule has 0 bridgehead atoms. The van der Waals surface area contributed by atoms with Gasteiger partial charge in [0, 0.05) is 6.54 Å². The van der Waals surface area contributed by atoms with Crippen LogP contribution in [0, 0.1) is 0 Å². The molecule has 0 unspecified atom stereocenters. The molecule has 0 N–H and O–H groups in total. The molecule has 21 heavy (non-hydrogen) atoms. The summed E-state index contributed by atoms with van der Waals surface area (Å²) in [5.41, 5.74) is 0. The van der Waals surface area contributed by atoms with Gasteiger partial charge in [0.2, 0.25) is 6.41 Å². The van der Waals surface area contributed by atoms with Crippen LogP contribution >= 0.6 is 11.6 Å². The lowest BCUT2D eigenvalue weighted by Crippen LogP contribution is -2.21. The van der Waals surface area contributed by atoms with Crippen LogP contribution in [0.4, 0.5) is 0 Å². The van der Waals surface area contributed by atoms with Crippen molar-refractivity contribution < 1.29 is 4.79 Å². The first-order chi connectivity index (χ1) is 10.3. The summed E-state index contributed by atoms with van der Waals surface area (Å²) < 4.78 is 0. The molecule has 1 amide bonds. The zero-order valence-corrected chi connectivity index (χ0v) is 14.9. The van der Waals surface area contributed by atoms with Gasteiger partial charge in [-0.15, -0.1) is 11.6 Å². The van der Waals surface area contributed by atoms with Gasteiger partial charge < -0.3 is 4.90 Å². The molecule has 0 aliphatic heterocycles. The number of carbonyl (C=O) groups is 1. The predicted octanol–water partition coefficient (Wildman–Crippen LogP) is 6.12. The Hall–Kier alpha value is -0.240. The molecule has 0 saturated carbocycles. The third kappa shape index (κ3) is 16.0. The molecule has 0 spiro atoms. The van der Waals surface area contributed by atoms with E-state index in [0.717, 1.165) is 19.4 Å². The normalized spacial score (nSPS) is 10.8. The molecule has 0 saturated heterocycles. The Balaban J connectivity index is 3.04. The summed E-state index contributed by atoms with van der Waals surface area (Å²) in [5.74, 6) is 0. The summed E-state index contributed by atoms with van der Waals surface area (Å²) in [5, 5.41) is 0. The first-order valence-electron chi connectivity index (χ1n) is 9.10. The summed E-state index contributed by atoms with van der Waals surface area (Å²) in [6.07, 6.45) is 19.9. The van der Waals surface area contributed by atoms with E-state index >= 15 is 0 Å². The minimum absolute atomic E-state index is 0.321. The largest absolute Gasteiger partial charge is 0.332 e. The van der Waals surface area contributed by atoms with Crippen molar-refractivity contribution in [2.24, 2.45) is 0 Å². The maximum atomic E-state index is 10.5. The minimum atomic E-state index is 0.321. The van der Waals surface area contributed by atoms with Gasteiger partial charge in [-0.1, -0.05) is 90.4 Å². The van der Waals surface area contributed by atoms with E-state index < -0.39 is 0 Å². The van der Waals surface area contributed by atoms with Crippen molar-refractivity contribution in [1.82, 2.24) is 4.90 Å². The van der Waals surface area contributed by atoms with Crippen molar-refractivity contribution >= 4 is 18.0 Å². The quantitative estimate of drug-likeness (QED) is 0.137. The lowest BCUT2D eigenvalue weighted by molar-refractivity contribution is -0.117. The van der Waals surface area contributed by atoms with Crippen LogP contribution in [-0.2, 0) is 4.79 Å². The third-order valence-electron chi connectivity index (χ3n) is 4.10. The summed E-state index contributed by atoms with van der Waals surface area (Å²) in [4.78, 5) is 12.2. The summed E-state index contributed by atoms with van der Waals surface area (Å²) in [6.45, 7) is 3.08. The number of nitrogens with zero attached hydrogens (tertiary/aromatic N) is 1. The van der Waals surface area contributed by atoms with Crippen LogP contribution in [0.25, 0.3) is 0 Å². The molecule has 0 radical (unpaired) electrons. The van der Waals surface area contributed by atoms with E-state index in [0.29, 0.717) is 6.00 Å². The van der Waals surface area contributed by atoms with Gasteiger partial charge >= 0.3 is 0 Å². The molecule has 0 aromatic heterocycles. The lowest BCUT2D eigenvalue weighted by Gasteiger charge is -2.12. The zero-order valence-electron chi connectivity index (χ0n) is 14.1. The Bertz CT molecular complexity index is 211. The van der Waals surface area contributed by atoms with E-state index in [-0.39, 0.29) is 0 Å². The van der Waals surface area contributed by atoms with Crippen LogP contribution in [-0.4, -0.2) is 23.9 Å². The van der Waals surface area contributed by atoms with E-state index in [1.807, 2.05) is 0 Å². The van der Waals surface area contributed by atoms with Crippen molar-refractivity contribution in [2.45, 2.75) is 96.8 Å². The summed E-state index contributed by atoms with van der Waals surface area (Å²) in [6, 6.07) is 0.321. The molecular weight excluding hydrogens is 282 g/mol. The van der Waals surface area contributed by atoms with Crippen LogP contribution < -0.4 is 0 Å². The van der Waals surface area contributed by atoms with Crippen LogP contribution in [0.1, 0.15) is 96.8 Å². The number of hydrogen-bond acceptors (Lipinski definition) is 1. The third-order valence-corrected chi connectivity index (χ3v) is 4.41. The number of hydrogen-bond donors (Lipinski definition) is 0. The highest BCUT2D eigenvalue weighted by Crippen LogP contribution is 2.13. The molecule has 0 atom stereocenters. The van der Waals surface area contributed by atoms with Crippen LogP contribution in [0.2, 0.25) is 0 Å². The second-order valence-electron chi connectivity index (χ2n) is 6.13. The molecule has 0 rings (SSSR count). The molecule has 0 fully saturated rings. The van der Waals surface area contributed by atoms with Crippen LogP contribution in [0.3, 0.4) is 0 Å². The Morgan fingerprint density at radius 2 is 1.10 bits per heavy atom. The molecule has 0 heterocycles. The second kappa shape index (κ2) is 17.8. The summed E-state index contributed by atoms with van der Waals surface area (Å²) >= 11 is 5.62. The van der Waals surface area contributed by atoms with Gasteiger partial charge in [-0.25, -0.2) is 0 Å². The van der Waals surface area contributed by atoms with Gasteiger partial charge in [-0.2, -0.15) is 0 Å². The van der Waals surface area contributed by atoms with Crippen molar-refractivity contribution in [2.75, 3.05) is 12.5 Å². The maximum absolute atomic E-state index is 10.5. The van der Waals surface area contributed by atoms with Crippen molar-refractivity contribution in [3.8, 4) is 0 Å². The van der Waals surface area contributed by atoms with E-state index in [1.54, 1.807) is 4.90 Å². The Morgan fingerprint density at radius 1 is 0.714 bits per heavy atom. The van der Waals surface area contributed by atoms with Gasteiger partial charge in [0.1, 0.15) is 0 Å². The van der Waals surface area contributed by atoms with Crippen LogP contribution in [0.15, 0.2) is 0 Å². The fourth-order valence-corrected chi connectivity index (χ4v) is 2.83. The van der Waals surface area contributed by atoms with Gasteiger partial charge in [-0.05, 0) is 6.42 Å². The number of unbranched alkanes of at least 4 members (excludes halogenated alkanes) is 13. The van der Waals surface area contributed by atoms with E-state index in [1.165, 1.54) is 83.5 Å². The fraction of sp³-hybridized carbons (Fsp3) is 0.944. The molecule has 0 aromatic carbocycles. The number of halogens is 1. The Kier molecular flexibility index (Phi) is 17.6. The average molecular weight is 318 g/mol. The van der Waals surface area contributed by atoms with Crippen molar-refractivity contribution in [3.63, 3.8) is 0 Å². The van der Waals surface area contributed by atoms with Gasteiger partial charge in [0.05, 0.1) is 6.00 Å². The number of alkyl halides is 1. The summed E-state index contributed by atoms with van der Waals surface area (Å²) in [7, 11) is 0. The van der Waals surface area contributed by atoms with Crippen molar-refractivity contribution in [1.29, 1.82) is 0 Å². The van der Waals surface area contributed by atoms with Gasteiger partial charge in [0.15, 0.2) is 0 Å². The lowest BCUT2D eigenvalue weighted by atomic mass is 10.0. The molecular formula is C18H36ClNO. The first kappa shape index (κ1) is 20.8. The molecule has 126 valence electrons. The van der Waals surface area contributed by atoms with Gasteiger partial charge in [-0.3, -0.25) is 4.79 Å². The first-order valence-corrected chi connectivity index (χ1v) is 9.64. The van der Waals surface area contributed by atoms with Crippen LogP contribution in [0.5, 0.6) is 0 Å². The molecule has 0 aliphatic carbocycles. The monoisotopic (exact) mass is 317 g/mol. The zero-order chi connectivity index (χ0) is 15.6. The molecule has 0 aliphatic rings. The Labute approximate surface area is 137 Å². The second-order valence-corrected chi connectivity index (χ2v) is 6.37. The molecule has 0 aromatic rings. The standard InChI is InChI=1S/C18H36ClNO/c1-2-3-4-5-6-7-8-9-10-11-12-13-14-15-16-20(17-19)18-21/h18H,2-17H2,1H3. The number of carbonyl (C=O) groups excluding carboxylic acids is 1. The number of rotatable bonds is 17. The van der Waals surface area contributed by atoms with E-state index in [9.17, 15) is 4.79 Å². The Morgan fingerprint density at radius 3 is 1.43 bits per heavy atom.